The van der Waals surface area contributed by atoms with E-state index in [4.69, 9.17) is 0 Å². The van der Waals surface area contributed by atoms with Crippen LogP contribution in [0, 0.1) is 0 Å². The fourth-order valence-electron chi connectivity index (χ4n) is 2.94. The lowest BCUT2D eigenvalue weighted by molar-refractivity contribution is -0.141. The summed E-state index contributed by atoms with van der Waals surface area (Å²) in [6.45, 7) is 0.844. The molecule has 0 saturated carbocycles. The van der Waals surface area contributed by atoms with Gasteiger partial charge in [0.2, 0.25) is 0 Å². The molecule has 1 aromatic heterocycles. The Morgan fingerprint density at radius 2 is 1.91 bits per heavy atom. The molecule has 23 heavy (non-hydrogen) atoms. The summed E-state index contributed by atoms with van der Waals surface area (Å²) in [6, 6.07) is 12.4. The number of rotatable bonds is 3. The van der Waals surface area contributed by atoms with Crippen molar-refractivity contribution in [2.75, 3.05) is 18.0 Å². The number of aliphatic hydroxyl groups excluding tert-OH is 1. The van der Waals surface area contributed by atoms with Crippen molar-refractivity contribution in [3.05, 3.63) is 59.3 Å². The third kappa shape index (κ3) is 3.47. The number of pyridine rings is 1. The van der Waals surface area contributed by atoms with Crippen molar-refractivity contribution in [1.82, 2.24) is 4.98 Å². The first kappa shape index (κ1) is 15.8. The molecular formula is C17H17F3N2O. The Morgan fingerprint density at radius 3 is 2.57 bits per heavy atom. The summed E-state index contributed by atoms with van der Waals surface area (Å²) in [5.41, 5.74) is 0.456. The first-order valence-electron chi connectivity index (χ1n) is 7.46. The molecule has 0 amide bonds. The first-order chi connectivity index (χ1) is 11.0. The number of hydrogen-bond acceptors (Lipinski definition) is 3. The molecule has 0 aliphatic carbocycles. The van der Waals surface area contributed by atoms with Crippen molar-refractivity contribution in [2.24, 2.45) is 0 Å². The maximum atomic E-state index is 13.0. The van der Waals surface area contributed by atoms with Gasteiger partial charge >= 0.3 is 6.18 Å². The van der Waals surface area contributed by atoms with Crippen LogP contribution < -0.4 is 4.90 Å². The van der Waals surface area contributed by atoms with Crippen molar-refractivity contribution in [3.63, 3.8) is 0 Å². The van der Waals surface area contributed by atoms with Crippen molar-refractivity contribution in [1.29, 1.82) is 0 Å². The highest BCUT2D eigenvalue weighted by atomic mass is 19.4. The predicted octanol–water partition coefficient (Wildman–Crippen LogP) is 3.59. The highest BCUT2D eigenvalue weighted by molar-refractivity contribution is 5.45. The van der Waals surface area contributed by atoms with Crippen LogP contribution in [0.3, 0.4) is 0 Å². The molecule has 0 spiro atoms. The fourth-order valence-corrected chi connectivity index (χ4v) is 2.94. The van der Waals surface area contributed by atoms with Gasteiger partial charge in [0.1, 0.15) is 11.5 Å². The predicted molar refractivity (Wildman–Crippen MR) is 81.2 cm³/mol. The topological polar surface area (TPSA) is 36.4 Å². The van der Waals surface area contributed by atoms with Gasteiger partial charge in [0.05, 0.1) is 6.61 Å². The number of alkyl halides is 3. The standard InChI is InChI=1S/C17H17F3N2O/c18-17(19,20)15-8-12(11-23)9-16(21-15)22-7-6-14(10-22)13-4-2-1-3-5-13/h1-5,8-9,14,23H,6-7,10-11H2. The van der Waals surface area contributed by atoms with Gasteiger partial charge in [-0.05, 0) is 29.7 Å². The summed E-state index contributed by atoms with van der Waals surface area (Å²) in [5, 5.41) is 9.21. The average Bonchev–Trinajstić information content (AvgIpc) is 3.04. The van der Waals surface area contributed by atoms with Gasteiger partial charge in [-0.25, -0.2) is 4.98 Å². The zero-order chi connectivity index (χ0) is 16.4. The lowest BCUT2D eigenvalue weighted by Crippen LogP contribution is -2.22. The second-order valence-electron chi connectivity index (χ2n) is 5.72. The summed E-state index contributed by atoms with van der Waals surface area (Å²) < 4.78 is 38.9. The van der Waals surface area contributed by atoms with Crippen LogP contribution in [-0.2, 0) is 12.8 Å². The molecular weight excluding hydrogens is 305 g/mol. The molecule has 3 nitrogen and oxygen atoms in total. The summed E-state index contributed by atoms with van der Waals surface area (Å²) >= 11 is 0. The van der Waals surface area contributed by atoms with Crippen LogP contribution in [0.25, 0.3) is 0 Å². The van der Waals surface area contributed by atoms with Crippen LogP contribution in [0.15, 0.2) is 42.5 Å². The van der Waals surface area contributed by atoms with Crippen LogP contribution in [0.2, 0.25) is 0 Å². The second-order valence-corrected chi connectivity index (χ2v) is 5.72. The molecule has 2 aromatic rings. The number of aromatic nitrogens is 1. The maximum Gasteiger partial charge on any atom is 0.433 e. The SMILES string of the molecule is OCc1cc(N2CCC(c3ccccc3)C2)nc(C(F)(F)F)c1. The molecule has 0 bridgehead atoms. The van der Waals surface area contributed by atoms with Crippen molar-refractivity contribution in [3.8, 4) is 0 Å². The Labute approximate surface area is 132 Å². The Morgan fingerprint density at radius 1 is 1.17 bits per heavy atom. The van der Waals surface area contributed by atoms with Crippen LogP contribution in [0.1, 0.15) is 29.2 Å². The van der Waals surface area contributed by atoms with E-state index in [-0.39, 0.29) is 17.3 Å². The molecule has 1 fully saturated rings. The van der Waals surface area contributed by atoms with E-state index in [1.165, 1.54) is 11.6 Å². The number of anilines is 1. The Bertz CT molecular complexity index is 673. The smallest absolute Gasteiger partial charge is 0.392 e. The van der Waals surface area contributed by atoms with Gasteiger partial charge in [0.25, 0.3) is 0 Å². The minimum absolute atomic E-state index is 0.227. The third-order valence-corrected chi connectivity index (χ3v) is 4.13. The van der Waals surface area contributed by atoms with Crippen molar-refractivity contribution >= 4 is 5.82 Å². The molecule has 6 heteroatoms. The van der Waals surface area contributed by atoms with Crippen LogP contribution in [-0.4, -0.2) is 23.2 Å². The Kier molecular flexibility index (Phi) is 4.26. The number of aliphatic hydroxyl groups is 1. The van der Waals surface area contributed by atoms with Gasteiger partial charge < -0.3 is 10.0 Å². The number of hydrogen-bond donors (Lipinski definition) is 1. The van der Waals surface area contributed by atoms with Gasteiger partial charge in [0, 0.05) is 19.0 Å². The van der Waals surface area contributed by atoms with Gasteiger partial charge in [-0.3, -0.25) is 0 Å². The molecule has 1 aliphatic rings. The highest BCUT2D eigenvalue weighted by Gasteiger charge is 2.34. The van der Waals surface area contributed by atoms with E-state index in [2.05, 4.69) is 4.98 Å². The van der Waals surface area contributed by atoms with Crippen molar-refractivity contribution < 1.29 is 18.3 Å². The molecule has 1 aromatic carbocycles. The molecule has 3 rings (SSSR count). The van der Waals surface area contributed by atoms with Gasteiger partial charge in [-0.1, -0.05) is 30.3 Å². The molecule has 2 heterocycles. The molecule has 1 aliphatic heterocycles. The van der Waals surface area contributed by atoms with E-state index in [1.54, 1.807) is 0 Å². The Hall–Kier alpha value is -2.08. The molecule has 122 valence electrons. The first-order valence-corrected chi connectivity index (χ1v) is 7.46. The molecule has 0 radical (unpaired) electrons. The van der Waals surface area contributed by atoms with E-state index in [0.29, 0.717) is 13.1 Å². The lowest BCUT2D eigenvalue weighted by Gasteiger charge is -2.20. The molecule has 1 saturated heterocycles. The zero-order valence-electron chi connectivity index (χ0n) is 12.4. The number of nitrogens with zero attached hydrogens (tertiary/aromatic N) is 2. The number of benzene rings is 1. The van der Waals surface area contributed by atoms with Gasteiger partial charge in [-0.2, -0.15) is 13.2 Å². The summed E-state index contributed by atoms with van der Waals surface area (Å²) in [4.78, 5) is 5.61. The van der Waals surface area contributed by atoms with E-state index in [9.17, 15) is 18.3 Å². The summed E-state index contributed by atoms with van der Waals surface area (Å²) in [6.07, 6.45) is -3.64. The summed E-state index contributed by atoms with van der Waals surface area (Å²) in [7, 11) is 0. The third-order valence-electron chi connectivity index (χ3n) is 4.13. The molecule has 1 N–H and O–H groups in total. The quantitative estimate of drug-likeness (QED) is 0.938. The van der Waals surface area contributed by atoms with E-state index in [1.807, 2.05) is 35.2 Å². The van der Waals surface area contributed by atoms with E-state index >= 15 is 0 Å². The zero-order valence-corrected chi connectivity index (χ0v) is 12.4. The van der Waals surface area contributed by atoms with Gasteiger partial charge in [0.15, 0.2) is 0 Å². The fraction of sp³-hybridized carbons (Fsp3) is 0.353. The number of halogens is 3. The maximum absolute atomic E-state index is 13.0. The largest absolute Gasteiger partial charge is 0.433 e. The molecule has 1 unspecified atom stereocenters. The lowest BCUT2D eigenvalue weighted by atomic mass is 9.99. The Balaban J connectivity index is 1.85. The van der Waals surface area contributed by atoms with Crippen LogP contribution in [0.4, 0.5) is 19.0 Å². The second kappa shape index (κ2) is 6.20. The minimum atomic E-state index is -4.52. The van der Waals surface area contributed by atoms with E-state index < -0.39 is 18.5 Å². The van der Waals surface area contributed by atoms with Crippen LogP contribution in [0.5, 0.6) is 0 Å². The summed E-state index contributed by atoms with van der Waals surface area (Å²) in [5.74, 6) is 0.562. The average molecular weight is 322 g/mol. The minimum Gasteiger partial charge on any atom is -0.392 e. The monoisotopic (exact) mass is 322 g/mol. The van der Waals surface area contributed by atoms with Gasteiger partial charge in [-0.15, -0.1) is 0 Å². The highest BCUT2D eigenvalue weighted by Crippen LogP contribution is 2.33. The van der Waals surface area contributed by atoms with Crippen LogP contribution >= 0.6 is 0 Å². The normalized spacial score (nSPS) is 18.4. The van der Waals surface area contributed by atoms with Crippen molar-refractivity contribution in [2.45, 2.75) is 25.1 Å². The molecule has 1 atom stereocenters. The van der Waals surface area contributed by atoms with E-state index in [0.717, 1.165) is 12.5 Å².